The van der Waals surface area contributed by atoms with Gasteiger partial charge in [-0.25, -0.2) is 5.43 Å². The van der Waals surface area contributed by atoms with Crippen LogP contribution in [-0.2, 0) is 9.59 Å². The molecule has 4 N–H and O–H groups in total. The first-order chi connectivity index (χ1) is 16.9. The number of benzene rings is 4. The molecule has 0 aromatic heterocycles. The molecule has 0 aliphatic carbocycles. The number of hydrogen-bond acceptors (Lipinski definition) is 5. The average Bonchev–Trinajstić information content (AvgIpc) is 2.85. The number of anilines is 2. The Labute approximate surface area is 201 Å². The second kappa shape index (κ2) is 10.3. The molecule has 4 aromatic rings. The Morgan fingerprint density at radius 2 is 1.60 bits per heavy atom. The number of nitrogens with one attached hydrogen (secondary N) is 3. The van der Waals surface area contributed by atoms with Crippen LogP contribution in [0.4, 0.5) is 11.4 Å². The van der Waals surface area contributed by atoms with Crippen molar-refractivity contribution in [1.82, 2.24) is 5.43 Å². The van der Waals surface area contributed by atoms with Gasteiger partial charge < -0.3 is 15.7 Å². The van der Waals surface area contributed by atoms with Crippen LogP contribution in [0.1, 0.15) is 21.5 Å². The standard InChI is InChI=1S/C27H22N4O4/c1-17-7-6-9-19(15-17)29-25(33)21-11-4-5-12-23(21)30-26(34)27(35)31-28-16-22-20-10-3-2-8-18(20)13-14-24(22)32/h2-16,32H,1H3,(H,29,33)(H,30,34)(H,31,35)/b28-16+. The molecule has 8 nitrogen and oxygen atoms in total. The molecule has 0 saturated heterocycles. The minimum atomic E-state index is -1.03. The van der Waals surface area contributed by atoms with Crippen LogP contribution in [0.2, 0.25) is 0 Å². The smallest absolute Gasteiger partial charge is 0.329 e. The molecule has 0 atom stereocenters. The maximum Gasteiger partial charge on any atom is 0.329 e. The quantitative estimate of drug-likeness (QED) is 0.200. The van der Waals surface area contributed by atoms with Crippen LogP contribution in [0.3, 0.4) is 0 Å². The summed E-state index contributed by atoms with van der Waals surface area (Å²) in [5.74, 6) is -2.48. The Balaban J connectivity index is 1.44. The SMILES string of the molecule is Cc1cccc(NC(=O)c2ccccc2NC(=O)C(=O)N/N=C/c2c(O)ccc3ccccc23)c1. The molecule has 0 aliphatic rings. The third-order valence-electron chi connectivity index (χ3n) is 5.21. The van der Waals surface area contributed by atoms with Crippen molar-refractivity contribution in [2.24, 2.45) is 5.10 Å². The molecule has 0 heterocycles. The minimum Gasteiger partial charge on any atom is -0.507 e. The van der Waals surface area contributed by atoms with E-state index in [4.69, 9.17) is 0 Å². The summed E-state index contributed by atoms with van der Waals surface area (Å²) in [5.41, 5.74) is 4.51. The number of aryl methyl sites for hydroxylation is 1. The van der Waals surface area contributed by atoms with Crippen LogP contribution in [0.25, 0.3) is 10.8 Å². The third-order valence-corrected chi connectivity index (χ3v) is 5.21. The van der Waals surface area contributed by atoms with Crippen LogP contribution < -0.4 is 16.1 Å². The van der Waals surface area contributed by atoms with E-state index in [9.17, 15) is 19.5 Å². The highest BCUT2D eigenvalue weighted by molar-refractivity contribution is 6.40. The number of fused-ring (bicyclic) bond motifs is 1. The fourth-order valence-corrected chi connectivity index (χ4v) is 3.52. The van der Waals surface area contributed by atoms with Crippen molar-refractivity contribution in [3.8, 4) is 5.75 Å². The lowest BCUT2D eigenvalue weighted by molar-refractivity contribution is -0.136. The lowest BCUT2D eigenvalue weighted by atomic mass is 10.0. The molecule has 0 spiro atoms. The zero-order valence-electron chi connectivity index (χ0n) is 18.8. The van der Waals surface area contributed by atoms with Gasteiger partial charge in [-0.3, -0.25) is 14.4 Å². The lowest BCUT2D eigenvalue weighted by Gasteiger charge is -2.11. The molecule has 0 radical (unpaired) electrons. The zero-order chi connectivity index (χ0) is 24.8. The molecule has 174 valence electrons. The van der Waals surface area contributed by atoms with E-state index in [-0.39, 0.29) is 17.0 Å². The summed E-state index contributed by atoms with van der Waals surface area (Å²) in [6.45, 7) is 1.91. The summed E-state index contributed by atoms with van der Waals surface area (Å²) in [6.07, 6.45) is 1.27. The van der Waals surface area contributed by atoms with Crippen molar-refractivity contribution in [3.63, 3.8) is 0 Å². The van der Waals surface area contributed by atoms with Gasteiger partial charge in [-0.05, 0) is 53.6 Å². The molecule has 0 unspecified atom stereocenters. The molecular weight excluding hydrogens is 444 g/mol. The molecule has 0 saturated carbocycles. The molecule has 35 heavy (non-hydrogen) atoms. The Kier molecular flexibility index (Phi) is 6.83. The van der Waals surface area contributed by atoms with E-state index in [0.29, 0.717) is 11.3 Å². The van der Waals surface area contributed by atoms with Crippen LogP contribution in [0.5, 0.6) is 5.75 Å². The van der Waals surface area contributed by atoms with Gasteiger partial charge in [0, 0.05) is 11.3 Å². The number of phenols is 1. The minimum absolute atomic E-state index is 0.0142. The van der Waals surface area contributed by atoms with Crippen molar-refractivity contribution < 1.29 is 19.5 Å². The normalized spacial score (nSPS) is 10.8. The number of nitrogens with zero attached hydrogens (tertiary/aromatic N) is 1. The highest BCUT2D eigenvalue weighted by atomic mass is 16.3. The molecule has 0 bridgehead atoms. The van der Waals surface area contributed by atoms with Crippen molar-refractivity contribution in [3.05, 3.63) is 102 Å². The molecule has 3 amide bonds. The number of para-hydroxylation sites is 1. The summed E-state index contributed by atoms with van der Waals surface area (Å²) in [7, 11) is 0. The van der Waals surface area contributed by atoms with E-state index in [1.54, 1.807) is 30.3 Å². The number of hydrogen-bond donors (Lipinski definition) is 4. The number of rotatable bonds is 5. The van der Waals surface area contributed by atoms with Gasteiger partial charge >= 0.3 is 11.8 Å². The fourth-order valence-electron chi connectivity index (χ4n) is 3.52. The molecule has 4 aromatic carbocycles. The summed E-state index contributed by atoms with van der Waals surface area (Å²) >= 11 is 0. The lowest BCUT2D eigenvalue weighted by Crippen LogP contribution is -2.33. The van der Waals surface area contributed by atoms with Crippen molar-refractivity contribution in [2.75, 3.05) is 10.6 Å². The summed E-state index contributed by atoms with van der Waals surface area (Å²) in [4.78, 5) is 37.5. The first-order valence-corrected chi connectivity index (χ1v) is 10.7. The monoisotopic (exact) mass is 466 g/mol. The fraction of sp³-hybridized carbons (Fsp3) is 0.0370. The van der Waals surface area contributed by atoms with E-state index in [2.05, 4.69) is 21.2 Å². The predicted molar refractivity (Wildman–Crippen MR) is 136 cm³/mol. The number of hydrazone groups is 1. The van der Waals surface area contributed by atoms with Crippen molar-refractivity contribution in [2.45, 2.75) is 6.92 Å². The largest absolute Gasteiger partial charge is 0.507 e. The summed E-state index contributed by atoms with van der Waals surface area (Å²) < 4.78 is 0. The maximum atomic E-state index is 12.8. The maximum absolute atomic E-state index is 12.8. The van der Waals surface area contributed by atoms with Gasteiger partial charge in [0.05, 0.1) is 17.5 Å². The Morgan fingerprint density at radius 1 is 0.829 bits per heavy atom. The highest BCUT2D eigenvalue weighted by Crippen LogP contribution is 2.25. The Bertz CT molecular complexity index is 1460. The predicted octanol–water partition coefficient (Wildman–Crippen LogP) is 4.19. The molecular formula is C27H22N4O4. The second-order valence-electron chi connectivity index (χ2n) is 7.74. The van der Waals surface area contributed by atoms with E-state index in [1.165, 1.54) is 18.3 Å². The van der Waals surface area contributed by atoms with E-state index in [1.807, 2.05) is 49.4 Å². The number of amides is 3. The highest BCUT2D eigenvalue weighted by Gasteiger charge is 2.18. The molecule has 0 fully saturated rings. The average molecular weight is 466 g/mol. The van der Waals surface area contributed by atoms with E-state index < -0.39 is 17.7 Å². The summed E-state index contributed by atoms with van der Waals surface area (Å²) in [5, 5.41) is 20.8. The summed E-state index contributed by atoms with van der Waals surface area (Å²) in [6, 6.07) is 24.3. The van der Waals surface area contributed by atoms with Gasteiger partial charge in [0.1, 0.15) is 5.75 Å². The van der Waals surface area contributed by atoms with Gasteiger partial charge in [0.15, 0.2) is 0 Å². The van der Waals surface area contributed by atoms with E-state index >= 15 is 0 Å². The number of aromatic hydroxyl groups is 1. The topological polar surface area (TPSA) is 120 Å². The zero-order valence-corrected chi connectivity index (χ0v) is 18.8. The molecule has 0 aliphatic heterocycles. The van der Waals surface area contributed by atoms with Gasteiger partial charge in [-0.2, -0.15) is 5.10 Å². The number of carbonyl (C=O) groups is 3. The van der Waals surface area contributed by atoms with Crippen molar-refractivity contribution in [1.29, 1.82) is 0 Å². The van der Waals surface area contributed by atoms with Gasteiger partial charge in [-0.15, -0.1) is 0 Å². The van der Waals surface area contributed by atoms with Gasteiger partial charge in [0.25, 0.3) is 5.91 Å². The molecule has 4 rings (SSSR count). The van der Waals surface area contributed by atoms with Crippen LogP contribution >= 0.6 is 0 Å². The van der Waals surface area contributed by atoms with Gasteiger partial charge in [-0.1, -0.05) is 54.6 Å². The number of phenolic OH excluding ortho intramolecular Hbond substituents is 1. The Hall–Kier alpha value is -4.98. The van der Waals surface area contributed by atoms with Crippen LogP contribution in [0, 0.1) is 6.92 Å². The first-order valence-electron chi connectivity index (χ1n) is 10.7. The van der Waals surface area contributed by atoms with Gasteiger partial charge in [0.2, 0.25) is 0 Å². The van der Waals surface area contributed by atoms with Crippen LogP contribution in [0.15, 0.2) is 90.0 Å². The first kappa shape index (κ1) is 23.2. The third kappa shape index (κ3) is 5.51. The Morgan fingerprint density at radius 3 is 2.43 bits per heavy atom. The van der Waals surface area contributed by atoms with Crippen molar-refractivity contribution >= 4 is 46.1 Å². The van der Waals surface area contributed by atoms with Crippen LogP contribution in [-0.4, -0.2) is 29.0 Å². The van der Waals surface area contributed by atoms with E-state index in [0.717, 1.165) is 16.3 Å². The second-order valence-corrected chi connectivity index (χ2v) is 7.74. The number of carbonyl (C=O) groups excluding carboxylic acids is 3. The molecule has 8 heteroatoms.